The Labute approximate surface area is 105 Å². The van der Waals surface area contributed by atoms with Crippen molar-refractivity contribution in [3.8, 4) is 0 Å². The van der Waals surface area contributed by atoms with Crippen molar-refractivity contribution in [2.24, 2.45) is 5.92 Å². The Morgan fingerprint density at radius 2 is 2.00 bits per heavy atom. The summed E-state index contributed by atoms with van der Waals surface area (Å²) < 4.78 is 24.3. The van der Waals surface area contributed by atoms with Crippen LogP contribution in [0, 0.1) is 5.92 Å². The van der Waals surface area contributed by atoms with Crippen LogP contribution in [-0.4, -0.2) is 14.2 Å². The van der Waals surface area contributed by atoms with Gasteiger partial charge in [-0.05, 0) is 33.5 Å². The molecule has 0 saturated carbocycles. The smallest absolute Gasteiger partial charge is 0.154 e. The molecular weight excluding hydrogens is 290 g/mol. The monoisotopic (exact) mass is 305 g/mol. The molecule has 0 bridgehead atoms. The zero-order chi connectivity index (χ0) is 12.3. The van der Waals surface area contributed by atoms with Crippen LogP contribution in [0.15, 0.2) is 22.7 Å². The summed E-state index contributed by atoms with van der Waals surface area (Å²) in [5.74, 6) is 0.384. The van der Waals surface area contributed by atoms with Gasteiger partial charge in [-0.2, -0.15) is 0 Å². The van der Waals surface area contributed by atoms with Crippen molar-refractivity contribution in [2.45, 2.75) is 19.6 Å². The number of sulfone groups is 1. The summed E-state index contributed by atoms with van der Waals surface area (Å²) in [6.07, 6.45) is 0. The van der Waals surface area contributed by atoms with Crippen molar-refractivity contribution in [2.75, 3.05) is 11.5 Å². The van der Waals surface area contributed by atoms with Gasteiger partial charge in [-0.1, -0.05) is 26.0 Å². The second kappa shape index (κ2) is 5.19. The Hall–Kier alpha value is -0.550. The van der Waals surface area contributed by atoms with E-state index < -0.39 is 9.84 Å². The molecule has 90 valence electrons. The second-order valence-electron chi connectivity index (χ2n) is 4.27. The predicted molar refractivity (Wildman–Crippen MR) is 70.9 cm³/mol. The lowest BCUT2D eigenvalue weighted by molar-refractivity contribution is 0.581. The summed E-state index contributed by atoms with van der Waals surface area (Å²) in [7, 11) is -3.06. The second-order valence-corrected chi connectivity index (χ2v) is 7.17. The molecule has 0 radical (unpaired) electrons. The zero-order valence-electron chi connectivity index (χ0n) is 9.40. The lowest BCUT2D eigenvalue weighted by Crippen LogP contribution is -2.14. The summed E-state index contributed by atoms with van der Waals surface area (Å²) in [4.78, 5) is 0. The molecule has 0 saturated heterocycles. The Bertz CT molecular complexity index is 469. The van der Waals surface area contributed by atoms with Crippen LogP contribution >= 0.6 is 15.9 Å². The number of benzene rings is 1. The van der Waals surface area contributed by atoms with Gasteiger partial charge in [0.05, 0.1) is 11.5 Å². The van der Waals surface area contributed by atoms with Gasteiger partial charge in [0.2, 0.25) is 0 Å². The van der Waals surface area contributed by atoms with Crippen LogP contribution < -0.4 is 5.73 Å². The molecule has 1 aromatic rings. The Morgan fingerprint density at radius 1 is 1.38 bits per heavy atom. The molecule has 1 rings (SSSR count). The minimum Gasteiger partial charge on any atom is -0.398 e. The fraction of sp³-hybridized carbons (Fsp3) is 0.455. The molecule has 0 aliphatic heterocycles. The predicted octanol–water partition coefficient (Wildman–Crippen LogP) is 2.60. The van der Waals surface area contributed by atoms with Crippen molar-refractivity contribution in [3.05, 3.63) is 28.2 Å². The summed E-state index contributed by atoms with van der Waals surface area (Å²) in [5, 5.41) is 0. The molecule has 3 nitrogen and oxygen atoms in total. The first-order chi connectivity index (χ1) is 7.32. The largest absolute Gasteiger partial charge is 0.398 e. The molecule has 0 spiro atoms. The highest BCUT2D eigenvalue weighted by molar-refractivity contribution is 9.10. The zero-order valence-corrected chi connectivity index (χ0v) is 11.8. The minimum absolute atomic E-state index is 0.0385. The van der Waals surface area contributed by atoms with Gasteiger partial charge in [0.15, 0.2) is 9.84 Å². The van der Waals surface area contributed by atoms with Crippen molar-refractivity contribution in [1.29, 1.82) is 0 Å². The van der Waals surface area contributed by atoms with Crippen LogP contribution in [0.3, 0.4) is 0 Å². The van der Waals surface area contributed by atoms with E-state index in [-0.39, 0.29) is 17.4 Å². The van der Waals surface area contributed by atoms with Crippen LogP contribution in [0.1, 0.15) is 19.4 Å². The van der Waals surface area contributed by atoms with Crippen molar-refractivity contribution in [1.82, 2.24) is 0 Å². The standard InChI is InChI=1S/C11H16BrNO2S/c1-8(2)6-16(14,15)7-9-4-3-5-10(13)11(9)12/h3-5,8H,6-7,13H2,1-2H3. The molecule has 0 aromatic heterocycles. The molecule has 0 aliphatic carbocycles. The fourth-order valence-corrected chi connectivity index (χ4v) is 3.95. The maximum Gasteiger partial charge on any atom is 0.154 e. The highest BCUT2D eigenvalue weighted by Crippen LogP contribution is 2.25. The lowest BCUT2D eigenvalue weighted by atomic mass is 10.2. The molecule has 5 heteroatoms. The van der Waals surface area contributed by atoms with Gasteiger partial charge in [0, 0.05) is 10.2 Å². The van der Waals surface area contributed by atoms with Crippen LogP contribution in [0.2, 0.25) is 0 Å². The van der Waals surface area contributed by atoms with Crippen LogP contribution in [0.4, 0.5) is 5.69 Å². The summed E-state index contributed by atoms with van der Waals surface area (Å²) in [5.41, 5.74) is 6.99. The first kappa shape index (κ1) is 13.5. The normalized spacial score (nSPS) is 12.0. The van der Waals surface area contributed by atoms with Crippen LogP contribution in [0.25, 0.3) is 0 Å². The fourth-order valence-electron chi connectivity index (χ4n) is 1.51. The number of nitrogen functional groups attached to an aromatic ring is 1. The third kappa shape index (κ3) is 3.79. The van der Waals surface area contributed by atoms with E-state index in [1.807, 2.05) is 13.8 Å². The molecule has 0 amide bonds. The molecule has 0 aliphatic rings. The molecule has 1 aromatic carbocycles. The number of nitrogens with two attached hydrogens (primary N) is 1. The first-order valence-corrected chi connectivity index (χ1v) is 7.66. The highest BCUT2D eigenvalue weighted by Gasteiger charge is 2.16. The van der Waals surface area contributed by atoms with E-state index in [1.54, 1.807) is 18.2 Å². The molecular formula is C11H16BrNO2S. The number of anilines is 1. The lowest BCUT2D eigenvalue weighted by Gasteiger charge is -2.09. The van der Waals surface area contributed by atoms with E-state index >= 15 is 0 Å². The topological polar surface area (TPSA) is 60.2 Å². The van der Waals surface area contributed by atoms with E-state index in [2.05, 4.69) is 15.9 Å². The van der Waals surface area contributed by atoms with E-state index in [9.17, 15) is 8.42 Å². The van der Waals surface area contributed by atoms with Gasteiger partial charge in [0.1, 0.15) is 0 Å². The maximum atomic E-state index is 11.8. The van der Waals surface area contributed by atoms with Gasteiger partial charge < -0.3 is 5.73 Å². The van der Waals surface area contributed by atoms with Crippen molar-refractivity contribution in [3.63, 3.8) is 0 Å². The van der Waals surface area contributed by atoms with Gasteiger partial charge in [0.25, 0.3) is 0 Å². The summed E-state index contributed by atoms with van der Waals surface area (Å²) in [6.45, 7) is 3.79. The Kier molecular flexibility index (Phi) is 4.38. The first-order valence-electron chi connectivity index (χ1n) is 5.05. The summed E-state index contributed by atoms with van der Waals surface area (Å²) >= 11 is 3.31. The third-order valence-corrected chi connectivity index (χ3v) is 4.96. The number of hydrogen-bond donors (Lipinski definition) is 1. The summed E-state index contributed by atoms with van der Waals surface area (Å²) in [6, 6.07) is 5.28. The minimum atomic E-state index is -3.06. The average molecular weight is 306 g/mol. The molecule has 16 heavy (non-hydrogen) atoms. The molecule has 0 heterocycles. The molecule has 2 N–H and O–H groups in total. The maximum absolute atomic E-state index is 11.8. The average Bonchev–Trinajstić information content (AvgIpc) is 2.10. The number of rotatable bonds is 4. The van der Waals surface area contributed by atoms with Crippen LogP contribution in [-0.2, 0) is 15.6 Å². The molecule has 0 atom stereocenters. The van der Waals surface area contributed by atoms with Crippen molar-refractivity contribution >= 4 is 31.5 Å². The van der Waals surface area contributed by atoms with Gasteiger partial charge in [-0.3, -0.25) is 0 Å². The number of hydrogen-bond acceptors (Lipinski definition) is 3. The Balaban J connectivity index is 2.93. The molecule has 0 fully saturated rings. The van der Waals surface area contributed by atoms with E-state index in [4.69, 9.17) is 5.73 Å². The SMILES string of the molecule is CC(C)CS(=O)(=O)Cc1cccc(N)c1Br. The number of halogens is 1. The third-order valence-electron chi connectivity index (χ3n) is 2.07. The quantitative estimate of drug-likeness (QED) is 0.870. The Morgan fingerprint density at radius 3 is 2.56 bits per heavy atom. The van der Waals surface area contributed by atoms with E-state index in [1.165, 1.54) is 0 Å². The van der Waals surface area contributed by atoms with Crippen molar-refractivity contribution < 1.29 is 8.42 Å². The van der Waals surface area contributed by atoms with Gasteiger partial charge >= 0.3 is 0 Å². The highest BCUT2D eigenvalue weighted by atomic mass is 79.9. The van der Waals surface area contributed by atoms with Crippen LogP contribution in [0.5, 0.6) is 0 Å². The van der Waals surface area contributed by atoms with Gasteiger partial charge in [-0.25, -0.2) is 8.42 Å². The van der Waals surface area contributed by atoms with E-state index in [0.29, 0.717) is 10.2 Å². The van der Waals surface area contributed by atoms with E-state index in [0.717, 1.165) is 5.56 Å². The van der Waals surface area contributed by atoms with Gasteiger partial charge in [-0.15, -0.1) is 0 Å². The molecule has 0 unspecified atom stereocenters.